The van der Waals surface area contributed by atoms with E-state index in [9.17, 15) is 29.7 Å². The monoisotopic (exact) mass is 386 g/mol. The lowest BCUT2D eigenvalue weighted by Gasteiger charge is -2.24. The summed E-state index contributed by atoms with van der Waals surface area (Å²) >= 11 is 0. The molecule has 1 aliphatic carbocycles. The fourth-order valence-corrected chi connectivity index (χ4v) is 3.43. The van der Waals surface area contributed by atoms with Crippen LogP contribution in [0.15, 0.2) is 18.2 Å². The highest BCUT2D eigenvalue weighted by Crippen LogP contribution is 2.45. The van der Waals surface area contributed by atoms with Crippen LogP contribution in [0.25, 0.3) is 0 Å². The molecule has 0 saturated heterocycles. The van der Waals surface area contributed by atoms with Crippen LogP contribution in [-0.2, 0) is 17.8 Å². The molecule has 0 spiro atoms. The molecule has 0 saturated carbocycles. The van der Waals surface area contributed by atoms with Gasteiger partial charge in [0, 0.05) is 23.1 Å². The first-order chi connectivity index (χ1) is 13.4. The summed E-state index contributed by atoms with van der Waals surface area (Å²) in [6.07, 6.45) is -0.320. The van der Waals surface area contributed by atoms with E-state index in [-0.39, 0.29) is 40.8 Å². The molecular formula is C20H18O8. The molecule has 0 fully saturated rings. The minimum Gasteiger partial charge on any atom is -0.507 e. The third kappa shape index (κ3) is 2.83. The number of phenols is 2. The highest BCUT2D eigenvalue weighted by Gasteiger charge is 2.39. The predicted molar refractivity (Wildman–Crippen MR) is 96.0 cm³/mol. The van der Waals surface area contributed by atoms with Gasteiger partial charge in [-0.2, -0.15) is 0 Å². The average Bonchev–Trinajstić information content (AvgIpc) is 2.70. The molecule has 2 aromatic carbocycles. The van der Waals surface area contributed by atoms with Crippen LogP contribution in [-0.4, -0.2) is 51.5 Å². The summed E-state index contributed by atoms with van der Waals surface area (Å²) in [6.45, 7) is -1.42. The molecule has 8 heteroatoms. The Hall–Kier alpha value is -3.23. The number of carbonyl (C=O) groups excluding carboxylic acids is 3. The lowest BCUT2D eigenvalue weighted by atomic mass is 9.79. The molecule has 1 aliphatic rings. The van der Waals surface area contributed by atoms with Gasteiger partial charge in [0.25, 0.3) is 0 Å². The molecule has 0 atom stereocenters. The zero-order valence-electron chi connectivity index (χ0n) is 15.0. The maximum absolute atomic E-state index is 13.1. The van der Waals surface area contributed by atoms with Crippen molar-refractivity contribution in [3.63, 3.8) is 0 Å². The van der Waals surface area contributed by atoms with Crippen molar-refractivity contribution in [2.24, 2.45) is 0 Å². The number of methoxy groups -OCH3 is 1. The molecule has 2 aromatic rings. The first kappa shape index (κ1) is 19.5. The zero-order valence-corrected chi connectivity index (χ0v) is 15.0. The summed E-state index contributed by atoms with van der Waals surface area (Å²) in [7, 11) is 1.33. The molecule has 0 amide bonds. The fraction of sp³-hybridized carbons (Fsp3) is 0.250. The number of aromatic hydroxyl groups is 2. The molecule has 0 heterocycles. The molecule has 8 nitrogen and oxygen atoms in total. The third-order valence-electron chi connectivity index (χ3n) is 4.82. The van der Waals surface area contributed by atoms with E-state index >= 15 is 0 Å². The quantitative estimate of drug-likeness (QED) is 0.457. The molecule has 0 bridgehead atoms. The average molecular weight is 386 g/mol. The minimum absolute atomic E-state index is 0.0126. The van der Waals surface area contributed by atoms with Gasteiger partial charge in [-0.3, -0.25) is 14.4 Å². The number of hydrogen-bond donors (Lipinski definition) is 4. The number of phenolic OH excluding ortho intramolecular Hbond substituents is 1. The van der Waals surface area contributed by atoms with Crippen LogP contribution >= 0.6 is 0 Å². The Morgan fingerprint density at radius 3 is 2.21 bits per heavy atom. The van der Waals surface area contributed by atoms with Gasteiger partial charge in [0.15, 0.2) is 11.6 Å². The normalized spacial score (nSPS) is 12.5. The van der Waals surface area contributed by atoms with Crippen LogP contribution in [0.3, 0.4) is 0 Å². The standard InChI is InChI=1S/C20H18O8/c1-28-13-4-2-3-11-14(13)20(27)16-15(18(11)25)19(26)12(8-22)10(17(16)24)6-5-9(23)7-21/h2-4,21-22,24,26H,5-8H2,1H3. The second kappa shape index (κ2) is 7.41. The van der Waals surface area contributed by atoms with Crippen LogP contribution in [0.1, 0.15) is 49.4 Å². The molecule has 0 aliphatic heterocycles. The molecule has 4 N–H and O–H groups in total. The van der Waals surface area contributed by atoms with Gasteiger partial charge < -0.3 is 25.2 Å². The number of rotatable bonds is 6. The van der Waals surface area contributed by atoms with E-state index in [0.717, 1.165) is 0 Å². The van der Waals surface area contributed by atoms with Crippen LogP contribution in [0.2, 0.25) is 0 Å². The summed E-state index contributed by atoms with van der Waals surface area (Å²) in [6, 6.07) is 4.42. The molecule has 0 unspecified atom stereocenters. The van der Waals surface area contributed by atoms with E-state index in [1.807, 2.05) is 0 Å². The van der Waals surface area contributed by atoms with Gasteiger partial charge >= 0.3 is 0 Å². The van der Waals surface area contributed by atoms with Gasteiger partial charge in [-0.1, -0.05) is 12.1 Å². The predicted octanol–water partition coefficient (Wildman–Crippen LogP) is 0.868. The summed E-state index contributed by atoms with van der Waals surface area (Å²) in [5.74, 6) is -2.98. The molecule has 28 heavy (non-hydrogen) atoms. The van der Waals surface area contributed by atoms with Crippen molar-refractivity contribution in [3.8, 4) is 17.2 Å². The summed E-state index contributed by atoms with van der Waals surface area (Å²) < 4.78 is 5.16. The van der Waals surface area contributed by atoms with E-state index in [1.165, 1.54) is 25.3 Å². The number of carbonyl (C=O) groups is 3. The van der Waals surface area contributed by atoms with Crippen LogP contribution in [0, 0.1) is 0 Å². The molecular weight excluding hydrogens is 368 g/mol. The molecule has 3 rings (SSSR count). The Morgan fingerprint density at radius 1 is 0.964 bits per heavy atom. The smallest absolute Gasteiger partial charge is 0.202 e. The van der Waals surface area contributed by atoms with Gasteiger partial charge in [-0.05, 0) is 12.5 Å². The number of hydrogen-bond acceptors (Lipinski definition) is 8. The zero-order chi connectivity index (χ0) is 20.6. The van der Waals surface area contributed by atoms with Crippen molar-refractivity contribution < 1.29 is 39.5 Å². The Labute approximate surface area is 159 Å². The lowest BCUT2D eigenvalue weighted by Crippen LogP contribution is -2.23. The van der Waals surface area contributed by atoms with Crippen molar-refractivity contribution in [3.05, 3.63) is 51.6 Å². The maximum atomic E-state index is 13.1. The summed E-state index contributed by atoms with van der Waals surface area (Å²) in [4.78, 5) is 37.5. The van der Waals surface area contributed by atoms with E-state index in [2.05, 4.69) is 0 Å². The van der Waals surface area contributed by atoms with Gasteiger partial charge in [0.1, 0.15) is 23.9 Å². The van der Waals surface area contributed by atoms with Gasteiger partial charge in [0.2, 0.25) is 5.78 Å². The topological polar surface area (TPSA) is 141 Å². The Kier molecular flexibility index (Phi) is 5.17. The van der Waals surface area contributed by atoms with E-state index in [4.69, 9.17) is 9.84 Å². The van der Waals surface area contributed by atoms with Crippen LogP contribution in [0.4, 0.5) is 0 Å². The number of benzene rings is 2. The number of aliphatic hydroxyl groups is 2. The first-order valence-electron chi connectivity index (χ1n) is 8.46. The fourth-order valence-electron chi connectivity index (χ4n) is 3.43. The number of fused-ring (bicyclic) bond motifs is 2. The maximum Gasteiger partial charge on any atom is 0.202 e. The van der Waals surface area contributed by atoms with E-state index in [0.29, 0.717) is 0 Å². The SMILES string of the molecule is COc1cccc2c1C(=O)c1c(O)c(CCC(=O)CO)c(CO)c(O)c1C2=O. The van der Waals surface area contributed by atoms with Gasteiger partial charge in [0.05, 0.1) is 30.4 Å². The van der Waals surface area contributed by atoms with Crippen LogP contribution in [0.5, 0.6) is 17.2 Å². The first-order valence-corrected chi connectivity index (χ1v) is 8.46. The highest BCUT2D eigenvalue weighted by atomic mass is 16.5. The van der Waals surface area contributed by atoms with Gasteiger partial charge in [-0.15, -0.1) is 0 Å². The number of ether oxygens (including phenoxy) is 1. The molecule has 0 aromatic heterocycles. The molecule has 0 radical (unpaired) electrons. The largest absolute Gasteiger partial charge is 0.507 e. The second-order valence-electron chi connectivity index (χ2n) is 6.30. The van der Waals surface area contributed by atoms with Crippen molar-refractivity contribution >= 4 is 17.3 Å². The summed E-state index contributed by atoms with van der Waals surface area (Å²) in [5.41, 5.74) is -0.993. The van der Waals surface area contributed by atoms with Crippen molar-refractivity contribution in [2.75, 3.05) is 13.7 Å². The van der Waals surface area contributed by atoms with Gasteiger partial charge in [-0.25, -0.2) is 0 Å². The summed E-state index contributed by atoms with van der Waals surface area (Å²) in [5, 5.41) is 39.8. The Balaban J connectivity index is 2.27. The lowest BCUT2D eigenvalue weighted by molar-refractivity contribution is -0.121. The highest BCUT2D eigenvalue weighted by molar-refractivity contribution is 6.31. The van der Waals surface area contributed by atoms with Crippen molar-refractivity contribution in [1.82, 2.24) is 0 Å². The van der Waals surface area contributed by atoms with E-state index < -0.39 is 53.2 Å². The third-order valence-corrected chi connectivity index (χ3v) is 4.82. The van der Waals surface area contributed by atoms with Crippen molar-refractivity contribution in [1.29, 1.82) is 0 Å². The molecule has 146 valence electrons. The number of Topliss-reactive ketones (excluding diaryl/α,β-unsaturated/α-hetero) is 1. The van der Waals surface area contributed by atoms with Crippen LogP contribution < -0.4 is 4.74 Å². The minimum atomic E-state index is -0.720. The van der Waals surface area contributed by atoms with E-state index in [1.54, 1.807) is 0 Å². The second-order valence-corrected chi connectivity index (χ2v) is 6.30. The Morgan fingerprint density at radius 2 is 1.61 bits per heavy atom. The van der Waals surface area contributed by atoms with Crippen molar-refractivity contribution in [2.45, 2.75) is 19.4 Å². The number of ketones is 3. The Bertz CT molecular complexity index is 1010. The number of aliphatic hydroxyl groups excluding tert-OH is 2.